The van der Waals surface area contributed by atoms with E-state index in [2.05, 4.69) is 36.6 Å². The van der Waals surface area contributed by atoms with Gasteiger partial charge in [-0.2, -0.15) is 0 Å². The molecule has 1 aromatic carbocycles. The van der Waals surface area contributed by atoms with Crippen LogP contribution in [-0.2, 0) is 24.0 Å². The Morgan fingerprint density at radius 2 is 1.54 bits per heavy atom. The van der Waals surface area contributed by atoms with Crippen LogP contribution in [-0.4, -0.2) is 99.8 Å². The number of carbonyl (C=O) groups excluding carboxylic acids is 6. The second-order valence-electron chi connectivity index (χ2n) is 16.3. The van der Waals surface area contributed by atoms with Crippen LogP contribution in [0.5, 0.6) is 0 Å². The van der Waals surface area contributed by atoms with Crippen LogP contribution in [0.25, 0.3) is 0 Å². The predicted molar refractivity (Wildman–Crippen MR) is 209 cm³/mol. The number of likely N-dealkylation sites (N-methyl/N-ethyl adjacent to an activating group) is 1. The van der Waals surface area contributed by atoms with Crippen molar-refractivity contribution in [3.8, 4) is 0 Å². The third-order valence-electron chi connectivity index (χ3n) is 10.8. The van der Waals surface area contributed by atoms with Crippen molar-refractivity contribution in [3.63, 3.8) is 0 Å². The van der Waals surface area contributed by atoms with Crippen molar-refractivity contribution in [1.29, 1.82) is 0 Å². The number of aromatic nitrogens is 2. The van der Waals surface area contributed by atoms with Gasteiger partial charge in [0.1, 0.15) is 23.8 Å². The summed E-state index contributed by atoms with van der Waals surface area (Å²) in [6.45, 7) is 7.37. The van der Waals surface area contributed by atoms with E-state index in [1.165, 1.54) is 23.5 Å². The highest BCUT2D eigenvalue weighted by Gasteiger charge is 2.42. The van der Waals surface area contributed by atoms with Crippen molar-refractivity contribution in [3.05, 3.63) is 60.2 Å². The summed E-state index contributed by atoms with van der Waals surface area (Å²) in [6, 6.07) is 4.26. The van der Waals surface area contributed by atoms with Gasteiger partial charge in [0.05, 0.1) is 18.2 Å². The maximum absolute atomic E-state index is 14.0. The molecule has 2 aliphatic carbocycles. The highest BCUT2D eigenvalue weighted by molar-refractivity contribution is 5.97. The molecule has 2 fully saturated rings. The molecule has 0 aliphatic heterocycles. The van der Waals surface area contributed by atoms with E-state index in [0.29, 0.717) is 31.2 Å². The minimum Gasteiger partial charge on any atom is -0.381 e. The fourth-order valence-electron chi connectivity index (χ4n) is 7.63. The number of rotatable bonds is 16. The summed E-state index contributed by atoms with van der Waals surface area (Å²) in [4.78, 5) is 90.9. The van der Waals surface area contributed by atoms with Crippen LogP contribution in [0.4, 0.5) is 0 Å². The summed E-state index contributed by atoms with van der Waals surface area (Å²) >= 11 is 0. The van der Waals surface area contributed by atoms with E-state index in [9.17, 15) is 33.9 Å². The zero-order valence-corrected chi connectivity index (χ0v) is 33.5. The van der Waals surface area contributed by atoms with Crippen LogP contribution in [0.3, 0.4) is 0 Å². The molecule has 0 bridgehead atoms. The lowest BCUT2D eigenvalue weighted by Gasteiger charge is -2.35. The first-order valence-corrected chi connectivity index (χ1v) is 19.8. The molecule has 0 radical (unpaired) electrons. The smallest absolute Gasteiger partial charge is 0.272 e. The van der Waals surface area contributed by atoms with Gasteiger partial charge in [0, 0.05) is 32.5 Å². The van der Waals surface area contributed by atoms with Crippen LogP contribution < -0.4 is 26.6 Å². The molecular formula is C41H60N8O7. The molecule has 2 aromatic rings. The molecule has 2 saturated carbocycles. The van der Waals surface area contributed by atoms with E-state index < -0.39 is 77.2 Å². The molecule has 1 aromatic heterocycles. The lowest BCUT2D eigenvalue weighted by atomic mass is 9.82. The monoisotopic (exact) mass is 776 g/mol. The largest absolute Gasteiger partial charge is 0.381 e. The Balaban J connectivity index is 1.44. The van der Waals surface area contributed by atoms with Crippen molar-refractivity contribution in [2.45, 2.75) is 128 Å². The van der Waals surface area contributed by atoms with Gasteiger partial charge < -0.3 is 36.6 Å². The van der Waals surface area contributed by atoms with Crippen molar-refractivity contribution in [2.24, 2.45) is 17.3 Å². The number of aliphatic hydroxyl groups is 1. The molecule has 6 N–H and O–H groups in total. The number of amides is 6. The van der Waals surface area contributed by atoms with E-state index >= 15 is 0 Å². The van der Waals surface area contributed by atoms with Gasteiger partial charge in [0.2, 0.25) is 23.6 Å². The Labute approximate surface area is 330 Å². The SMILES string of the molecule is CCC[C@H](NC(=O)[C@@H]1CCC[C@@H]1NC(=O)C(NC(=O)[C@@H](NC(=O)c1cnccn1)C1CCCCC1)C(C)(C)C)C(O)C(=O)N[C@@H](C(=O)N(C)C)c1ccccc1. The Morgan fingerprint density at radius 3 is 2.14 bits per heavy atom. The predicted octanol–water partition coefficient (Wildman–Crippen LogP) is 2.56. The summed E-state index contributed by atoms with van der Waals surface area (Å²) in [5.74, 6) is -3.82. The standard InChI is InChI=1S/C41H60N8O7/c1-7-15-29(33(50)38(54)47-32(40(56)49(5)6)26-18-12-9-13-19-26)45-35(51)27-20-14-21-28(27)44-39(55)34(41(2,3)4)48-37(53)31(25-16-10-8-11-17-25)46-36(52)30-24-42-22-23-43-30/h9,12-13,18-19,22-25,27-29,31-34,50H,7-8,10-11,14-17,20-21H2,1-6H3,(H,44,55)(H,45,51)(H,46,52)(H,47,54)(H,48,53)/t27-,28+,29+,31+,32-,33?,34?/m1/s1. The third-order valence-corrected chi connectivity index (χ3v) is 10.8. The molecule has 6 amide bonds. The molecule has 15 nitrogen and oxygen atoms in total. The molecule has 56 heavy (non-hydrogen) atoms. The quantitative estimate of drug-likeness (QED) is 0.148. The number of hydrogen-bond acceptors (Lipinski definition) is 9. The molecule has 2 aliphatic rings. The van der Waals surface area contributed by atoms with E-state index in [4.69, 9.17) is 0 Å². The minimum atomic E-state index is -1.65. The molecule has 7 atom stereocenters. The zero-order valence-electron chi connectivity index (χ0n) is 33.5. The van der Waals surface area contributed by atoms with Gasteiger partial charge in [-0.15, -0.1) is 0 Å². The van der Waals surface area contributed by atoms with Crippen LogP contribution >= 0.6 is 0 Å². The Bertz CT molecular complexity index is 1650. The highest BCUT2D eigenvalue weighted by Crippen LogP contribution is 2.30. The first-order chi connectivity index (χ1) is 26.6. The van der Waals surface area contributed by atoms with Gasteiger partial charge in [-0.05, 0) is 49.0 Å². The van der Waals surface area contributed by atoms with Crippen LogP contribution in [0.2, 0.25) is 0 Å². The molecule has 1 heterocycles. The summed E-state index contributed by atoms with van der Waals surface area (Å²) in [5.41, 5.74) is -0.104. The number of nitrogens with one attached hydrogen (secondary N) is 5. The maximum atomic E-state index is 14.0. The van der Waals surface area contributed by atoms with Gasteiger partial charge in [-0.1, -0.05) is 90.1 Å². The fraction of sp³-hybridized carbons (Fsp3) is 0.610. The van der Waals surface area contributed by atoms with Crippen LogP contribution in [0, 0.1) is 17.3 Å². The first kappa shape index (κ1) is 43.8. The van der Waals surface area contributed by atoms with Crippen LogP contribution in [0.1, 0.15) is 114 Å². The Hall–Kier alpha value is -4.92. The Kier molecular flexibility index (Phi) is 15.9. The second-order valence-corrected chi connectivity index (χ2v) is 16.3. The number of carbonyl (C=O) groups is 6. The normalized spacial score (nSPS) is 20.0. The maximum Gasteiger partial charge on any atom is 0.272 e. The van der Waals surface area contributed by atoms with Gasteiger partial charge in [0.25, 0.3) is 11.8 Å². The van der Waals surface area contributed by atoms with E-state index in [0.717, 1.165) is 32.1 Å². The summed E-state index contributed by atoms with van der Waals surface area (Å²) in [6.07, 6.45) is 9.41. The van der Waals surface area contributed by atoms with Gasteiger partial charge in [-0.25, -0.2) is 4.98 Å². The third kappa shape index (κ3) is 11.8. The zero-order chi connectivity index (χ0) is 41.0. The van der Waals surface area contributed by atoms with E-state index in [1.54, 1.807) is 44.4 Å². The number of nitrogens with zero attached hydrogens (tertiary/aromatic N) is 3. The molecule has 4 rings (SSSR count). The second kappa shape index (κ2) is 20.3. The molecular weight excluding hydrogens is 716 g/mol. The summed E-state index contributed by atoms with van der Waals surface area (Å²) < 4.78 is 0. The first-order valence-electron chi connectivity index (χ1n) is 19.8. The molecule has 15 heteroatoms. The molecule has 306 valence electrons. The van der Waals surface area contributed by atoms with Crippen molar-refractivity contribution in [2.75, 3.05) is 14.1 Å². The topological polar surface area (TPSA) is 212 Å². The van der Waals surface area contributed by atoms with Crippen LogP contribution in [0.15, 0.2) is 48.9 Å². The summed E-state index contributed by atoms with van der Waals surface area (Å²) in [7, 11) is 3.15. The molecule has 2 unspecified atom stereocenters. The van der Waals surface area contributed by atoms with Gasteiger partial charge >= 0.3 is 0 Å². The average molecular weight is 777 g/mol. The number of benzene rings is 1. The average Bonchev–Trinajstić information content (AvgIpc) is 3.65. The van der Waals surface area contributed by atoms with E-state index in [1.807, 2.05) is 27.7 Å². The van der Waals surface area contributed by atoms with Crippen molar-refractivity contribution < 1.29 is 33.9 Å². The van der Waals surface area contributed by atoms with Crippen molar-refractivity contribution in [1.82, 2.24) is 41.5 Å². The lowest BCUT2D eigenvalue weighted by Crippen LogP contribution is -2.61. The van der Waals surface area contributed by atoms with Crippen molar-refractivity contribution >= 4 is 35.4 Å². The molecule has 0 saturated heterocycles. The highest BCUT2D eigenvalue weighted by atomic mass is 16.3. The van der Waals surface area contributed by atoms with E-state index in [-0.39, 0.29) is 23.9 Å². The van der Waals surface area contributed by atoms with Gasteiger partial charge in [0.15, 0.2) is 6.10 Å². The number of hydrogen-bond donors (Lipinski definition) is 6. The molecule has 0 spiro atoms. The number of aliphatic hydroxyl groups excluding tert-OH is 1. The minimum absolute atomic E-state index is 0.0851. The fourth-order valence-corrected chi connectivity index (χ4v) is 7.63. The summed E-state index contributed by atoms with van der Waals surface area (Å²) in [5, 5.41) is 25.6. The Morgan fingerprint density at radius 1 is 0.839 bits per heavy atom. The lowest BCUT2D eigenvalue weighted by molar-refractivity contribution is -0.139. The van der Waals surface area contributed by atoms with Gasteiger partial charge in [-0.3, -0.25) is 33.8 Å².